The van der Waals surface area contributed by atoms with E-state index in [9.17, 15) is 19.2 Å². The first-order valence-corrected chi connectivity index (χ1v) is 12.3. The number of carbonyl (C=O) groups is 3. The number of Topliss-reactive ketones (excluding diaryl/α,β-unsaturated/α-hetero) is 1. The molecule has 0 saturated heterocycles. The van der Waals surface area contributed by atoms with Crippen LogP contribution in [-0.2, 0) is 11.2 Å². The Labute approximate surface area is 229 Å². The van der Waals surface area contributed by atoms with Crippen LogP contribution in [0.25, 0.3) is 11.1 Å². The molecule has 39 heavy (non-hydrogen) atoms. The van der Waals surface area contributed by atoms with E-state index >= 15 is 0 Å². The van der Waals surface area contributed by atoms with Gasteiger partial charge in [0.25, 0.3) is 5.56 Å². The van der Waals surface area contributed by atoms with Crippen molar-refractivity contribution in [1.29, 1.82) is 0 Å². The van der Waals surface area contributed by atoms with Crippen molar-refractivity contribution in [3.05, 3.63) is 117 Å². The number of hydrogen-bond donors (Lipinski definition) is 2. The van der Waals surface area contributed by atoms with E-state index in [1.807, 2.05) is 30.3 Å². The standard InChI is InChI=1S/C30H25ClN2O6/c1-18(34)23-13-10-21(31)15-24(23)25-16-28(35)33(17-27(25)39-2)26(14-19-6-4-3-5-7-19)29(36)32-22-11-8-20(9-12-22)30(37)38/h3-13,15-17,26H,14H2,1-2H3,(H,32,36)(H,37,38). The molecule has 2 N–H and O–H groups in total. The first kappa shape index (κ1) is 27.3. The van der Waals surface area contributed by atoms with Crippen LogP contribution in [0.1, 0.15) is 39.2 Å². The largest absolute Gasteiger partial charge is 0.495 e. The minimum absolute atomic E-state index is 0.0799. The van der Waals surface area contributed by atoms with Crippen LogP contribution in [0.3, 0.4) is 0 Å². The molecule has 0 aliphatic rings. The Bertz CT molecular complexity index is 1600. The molecule has 0 fully saturated rings. The van der Waals surface area contributed by atoms with Crippen LogP contribution in [0.5, 0.6) is 5.75 Å². The van der Waals surface area contributed by atoms with Gasteiger partial charge in [-0.1, -0.05) is 41.9 Å². The topological polar surface area (TPSA) is 115 Å². The fourth-order valence-electron chi connectivity index (χ4n) is 4.27. The highest BCUT2D eigenvalue weighted by atomic mass is 35.5. The molecule has 9 heteroatoms. The number of carboxylic acid groups (broad SMARTS) is 1. The highest BCUT2D eigenvalue weighted by molar-refractivity contribution is 6.31. The summed E-state index contributed by atoms with van der Waals surface area (Å²) >= 11 is 6.20. The highest BCUT2D eigenvalue weighted by Crippen LogP contribution is 2.34. The lowest BCUT2D eigenvalue weighted by molar-refractivity contribution is -0.119. The number of hydrogen-bond acceptors (Lipinski definition) is 5. The quantitative estimate of drug-likeness (QED) is 0.269. The molecular formula is C30H25ClN2O6. The number of aromatic nitrogens is 1. The number of nitrogens with one attached hydrogen (secondary N) is 1. The molecule has 1 aromatic heterocycles. The van der Waals surface area contributed by atoms with E-state index in [4.69, 9.17) is 21.4 Å². The van der Waals surface area contributed by atoms with E-state index < -0.39 is 23.5 Å². The first-order chi connectivity index (χ1) is 18.7. The lowest BCUT2D eigenvalue weighted by atomic mass is 9.97. The van der Waals surface area contributed by atoms with Gasteiger partial charge in [0.1, 0.15) is 11.8 Å². The Kier molecular flexibility index (Phi) is 8.27. The van der Waals surface area contributed by atoms with Gasteiger partial charge in [-0.15, -0.1) is 0 Å². The number of halogens is 1. The Morgan fingerprint density at radius 1 is 0.974 bits per heavy atom. The summed E-state index contributed by atoms with van der Waals surface area (Å²) in [6.45, 7) is 1.42. The maximum Gasteiger partial charge on any atom is 0.335 e. The fraction of sp³-hybridized carbons (Fsp3) is 0.133. The Morgan fingerprint density at radius 3 is 2.28 bits per heavy atom. The van der Waals surface area contributed by atoms with Gasteiger partial charge in [-0.05, 0) is 60.5 Å². The zero-order valence-corrected chi connectivity index (χ0v) is 21.9. The maximum atomic E-state index is 13.5. The van der Waals surface area contributed by atoms with Gasteiger partial charge in [-0.25, -0.2) is 4.79 Å². The normalized spacial score (nSPS) is 11.5. The van der Waals surface area contributed by atoms with E-state index in [-0.39, 0.29) is 23.5 Å². The minimum Gasteiger partial charge on any atom is -0.495 e. The van der Waals surface area contributed by atoms with Crippen LogP contribution < -0.4 is 15.6 Å². The summed E-state index contributed by atoms with van der Waals surface area (Å²) in [6, 6.07) is 20.1. The molecule has 1 amide bonds. The molecule has 0 bridgehead atoms. The molecule has 4 aromatic rings. The highest BCUT2D eigenvalue weighted by Gasteiger charge is 2.25. The Morgan fingerprint density at radius 2 is 1.67 bits per heavy atom. The lowest BCUT2D eigenvalue weighted by Gasteiger charge is -2.22. The van der Waals surface area contributed by atoms with Crippen molar-refractivity contribution < 1.29 is 24.2 Å². The number of benzene rings is 3. The number of rotatable bonds is 9. The van der Waals surface area contributed by atoms with E-state index in [1.54, 1.807) is 18.2 Å². The second-order valence-corrected chi connectivity index (χ2v) is 9.26. The molecule has 0 radical (unpaired) electrons. The summed E-state index contributed by atoms with van der Waals surface area (Å²) in [5.41, 5.74) is 1.98. The number of pyridine rings is 1. The van der Waals surface area contributed by atoms with Gasteiger partial charge in [0.05, 0.1) is 18.9 Å². The second kappa shape index (κ2) is 11.8. The van der Waals surface area contributed by atoms with Crippen LogP contribution in [0.4, 0.5) is 5.69 Å². The molecular weight excluding hydrogens is 520 g/mol. The number of ketones is 1. The van der Waals surface area contributed by atoms with Gasteiger partial charge < -0.3 is 15.2 Å². The summed E-state index contributed by atoms with van der Waals surface area (Å²) in [5.74, 6) is -1.49. The van der Waals surface area contributed by atoms with Crippen molar-refractivity contribution in [1.82, 2.24) is 4.57 Å². The molecule has 8 nitrogen and oxygen atoms in total. The summed E-state index contributed by atoms with van der Waals surface area (Å²) < 4.78 is 6.89. The van der Waals surface area contributed by atoms with Crippen LogP contribution in [0, 0.1) is 0 Å². The number of methoxy groups -OCH3 is 1. The monoisotopic (exact) mass is 544 g/mol. The van der Waals surface area contributed by atoms with E-state index in [0.29, 0.717) is 27.4 Å². The molecule has 198 valence electrons. The number of aromatic carboxylic acids is 1. The Hall–Kier alpha value is -4.69. The molecule has 0 aliphatic heterocycles. The van der Waals surface area contributed by atoms with Crippen LogP contribution in [0.15, 0.2) is 89.9 Å². The summed E-state index contributed by atoms with van der Waals surface area (Å²) in [6.07, 6.45) is 1.64. The number of nitrogens with zero attached hydrogens (tertiary/aromatic N) is 1. The van der Waals surface area contributed by atoms with E-state index in [0.717, 1.165) is 5.56 Å². The van der Waals surface area contributed by atoms with Crippen molar-refractivity contribution in [2.45, 2.75) is 19.4 Å². The molecule has 0 aliphatic carbocycles. The summed E-state index contributed by atoms with van der Waals surface area (Å²) in [4.78, 5) is 50.5. The van der Waals surface area contributed by atoms with E-state index in [2.05, 4.69) is 5.32 Å². The van der Waals surface area contributed by atoms with Crippen molar-refractivity contribution in [2.24, 2.45) is 0 Å². The molecule has 4 rings (SSSR count). The maximum absolute atomic E-state index is 13.5. The average molecular weight is 545 g/mol. The van der Waals surface area contributed by atoms with Crippen molar-refractivity contribution in [2.75, 3.05) is 12.4 Å². The van der Waals surface area contributed by atoms with Crippen molar-refractivity contribution in [3.8, 4) is 16.9 Å². The predicted molar refractivity (Wildman–Crippen MR) is 149 cm³/mol. The van der Waals surface area contributed by atoms with Gasteiger partial charge in [-0.3, -0.25) is 19.0 Å². The molecule has 0 spiro atoms. The van der Waals surface area contributed by atoms with Crippen molar-refractivity contribution in [3.63, 3.8) is 0 Å². The number of carboxylic acids is 1. The number of amides is 1. The van der Waals surface area contributed by atoms with Crippen LogP contribution in [0.2, 0.25) is 5.02 Å². The third-order valence-electron chi connectivity index (χ3n) is 6.22. The average Bonchev–Trinajstić information content (AvgIpc) is 2.92. The van der Waals surface area contributed by atoms with Crippen LogP contribution >= 0.6 is 11.6 Å². The summed E-state index contributed by atoms with van der Waals surface area (Å²) in [5, 5.41) is 12.3. The van der Waals surface area contributed by atoms with Gasteiger partial charge in [0.2, 0.25) is 5.91 Å². The lowest BCUT2D eigenvalue weighted by Crippen LogP contribution is -2.34. The molecule has 1 unspecified atom stereocenters. The van der Waals surface area contributed by atoms with E-state index in [1.165, 1.54) is 55.1 Å². The third kappa shape index (κ3) is 6.25. The fourth-order valence-corrected chi connectivity index (χ4v) is 4.44. The second-order valence-electron chi connectivity index (χ2n) is 8.82. The van der Waals surface area contributed by atoms with Gasteiger partial charge in [0.15, 0.2) is 5.78 Å². The zero-order valence-electron chi connectivity index (χ0n) is 21.2. The smallest absolute Gasteiger partial charge is 0.335 e. The van der Waals surface area contributed by atoms with Gasteiger partial charge in [0, 0.05) is 34.3 Å². The molecule has 1 heterocycles. The zero-order chi connectivity index (χ0) is 28.1. The SMILES string of the molecule is COc1cn(C(Cc2ccccc2)C(=O)Nc2ccc(C(=O)O)cc2)c(=O)cc1-c1cc(Cl)ccc1C(C)=O. The molecule has 3 aromatic carbocycles. The number of anilines is 1. The van der Waals surface area contributed by atoms with Crippen molar-refractivity contribution >= 4 is 34.9 Å². The first-order valence-electron chi connectivity index (χ1n) is 12.0. The number of ether oxygens (including phenoxy) is 1. The van der Waals surface area contributed by atoms with Gasteiger partial charge in [-0.2, -0.15) is 0 Å². The summed E-state index contributed by atoms with van der Waals surface area (Å²) in [7, 11) is 1.43. The predicted octanol–water partition coefficient (Wildman–Crippen LogP) is 5.50. The third-order valence-corrected chi connectivity index (χ3v) is 6.46. The Balaban J connectivity index is 1.79. The molecule has 1 atom stereocenters. The molecule has 0 saturated carbocycles. The van der Waals surface area contributed by atoms with Crippen LogP contribution in [-0.4, -0.2) is 34.4 Å². The number of carbonyl (C=O) groups excluding carboxylic acids is 2. The van der Waals surface area contributed by atoms with Gasteiger partial charge >= 0.3 is 5.97 Å². The minimum atomic E-state index is -1.08.